The Morgan fingerprint density at radius 2 is 1.81 bits per heavy atom. The standard InChI is InChI=1S/C40H49ClN6O6/c1-46-35-19-17-29(41)24-31(35)30(38(46)28-11-9-21-43-25-28)12-3-2-4-15-36(48)44-23-22-42-20-8-7-13-33(40(52)53)45-32-18-16-27-10-5-6-14-34(27)47(39(32)51)26-37(49)50/h5-6,9-11,14,17,19,21,24-25,32-33,42,45H,2-4,7-8,12-13,15-16,18,20,22-23,26H2,1H3,(H,44,48)(H,49,50)(H,52,53)/t32?,33-/m0/s1. The summed E-state index contributed by atoms with van der Waals surface area (Å²) >= 11 is 6.37. The number of unbranched alkanes of at least 4 members (excludes halogenated alkanes) is 3. The topological polar surface area (TPSA) is 166 Å². The summed E-state index contributed by atoms with van der Waals surface area (Å²) in [5, 5.41) is 30.4. The fraction of sp³-hybridized carbons (Fsp3) is 0.425. The van der Waals surface area contributed by atoms with Crippen molar-refractivity contribution in [3.8, 4) is 11.3 Å². The Morgan fingerprint density at radius 1 is 0.981 bits per heavy atom. The van der Waals surface area contributed by atoms with Gasteiger partial charge in [0.25, 0.3) is 0 Å². The molecule has 2 amide bonds. The smallest absolute Gasteiger partial charge is 0.323 e. The van der Waals surface area contributed by atoms with Crippen LogP contribution in [0, 0.1) is 0 Å². The molecule has 0 aliphatic carbocycles. The van der Waals surface area contributed by atoms with Crippen LogP contribution in [0.25, 0.3) is 22.2 Å². The van der Waals surface area contributed by atoms with Crippen LogP contribution in [-0.2, 0) is 39.1 Å². The lowest BCUT2D eigenvalue weighted by atomic mass is 10.00. The second-order valence-electron chi connectivity index (χ2n) is 13.5. The van der Waals surface area contributed by atoms with Crippen LogP contribution in [0.4, 0.5) is 5.69 Å². The van der Waals surface area contributed by atoms with Gasteiger partial charge in [-0.05, 0) is 99.0 Å². The number of halogens is 1. The van der Waals surface area contributed by atoms with Crippen molar-refractivity contribution in [2.75, 3.05) is 31.1 Å². The molecule has 4 aromatic rings. The molecule has 0 radical (unpaired) electrons. The summed E-state index contributed by atoms with van der Waals surface area (Å²) in [6.45, 7) is 1.27. The fourth-order valence-corrected chi connectivity index (χ4v) is 7.34. The molecule has 53 heavy (non-hydrogen) atoms. The maximum absolute atomic E-state index is 13.3. The average molecular weight is 745 g/mol. The minimum absolute atomic E-state index is 0.0215. The van der Waals surface area contributed by atoms with E-state index in [1.807, 2.05) is 36.5 Å². The lowest BCUT2D eigenvalue weighted by Gasteiger charge is -2.26. The molecule has 2 atom stereocenters. The molecular formula is C40H49ClN6O6. The molecule has 0 saturated heterocycles. The number of carbonyl (C=O) groups excluding carboxylic acids is 2. The number of anilines is 1. The van der Waals surface area contributed by atoms with Gasteiger partial charge in [-0.2, -0.15) is 0 Å². The molecule has 1 aliphatic heterocycles. The molecule has 1 unspecified atom stereocenters. The van der Waals surface area contributed by atoms with Crippen molar-refractivity contribution in [3.05, 3.63) is 83.1 Å². The number of nitrogens with zero attached hydrogens (tertiary/aromatic N) is 3. The lowest BCUT2D eigenvalue weighted by Crippen LogP contribution is -2.52. The highest BCUT2D eigenvalue weighted by atomic mass is 35.5. The molecule has 1 aliphatic rings. The van der Waals surface area contributed by atoms with Crippen molar-refractivity contribution >= 4 is 51.9 Å². The summed E-state index contributed by atoms with van der Waals surface area (Å²) < 4.78 is 2.20. The Kier molecular flexibility index (Phi) is 14.4. The number of hydrogen-bond acceptors (Lipinski definition) is 7. The summed E-state index contributed by atoms with van der Waals surface area (Å²) in [7, 11) is 2.07. The molecule has 0 bridgehead atoms. The number of fused-ring (bicyclic) bond motifs is 2. The molecule has 5 N–H and O–H groups in total. The van der Waals surface area contributed by atoms with Crippen molar-refractivity contribution in [2.45, 2.75) is 76.3 Å². The number of carboxylic acid groups (broad SMARTS) is 2. The van der Waals surface area contributed by atoms with E-state index in [-0.39, 0.29) is 5.91 Å². The first-order valence-electron chi connectivity index (χ1n) is 18.4. The Bertz CT molecular complexity index is 1880. The van der Waals surface area contributed by atoms with Crippen molar-refractivity contribution in [3.63, 3.8) is 0 Å². The zero-order chi connectivity index (χ0) is 37.7. The SMILES string of the molecule is Cn1c(-c2cccnc2)c(CCCCCC(=O)NCCNCCCC[C@H](NC2CCc3ccccc3N(CC(=O)O)C2=O)C(=O)O)c2cc(Cl)ccc21. The van der Waals surface area contributed by atoms with Gasteiger partial charge in [0.2, 0.25) is 11.8 Å². The molecule has 13 heteroatoms. The number of benzene rings is 2. The van der Waals surface area contributed by atoms with E-state index < -0.39 is 36.5 Å². The number of amides is 2. The monoisotopic (exact) mass is 744 g/mol. The predicted octanol–water partition coefficient (Wildman–Crippen LogP) is 5.35. The molecule has 2 aromatic carbocycles. The average Bonchev–Trinajstić information content (AvgIpc) is 3.34. The highest BCUT2D eigenvalue weighted by molar-refractivity contribution is 6.31. The third kappa shape index (κ3) is 10.6. The molecule has 282 valence electrons. The largest absolute Gasteiger partial charge is 0.480 e. The van der Waals surface area contributed by atoms with Crippen molar-refractivity contribution in [1.29, 1.82) is 0 Å². The number of aromatic nitrogens is 2. The fourth-order valence-electron chi connectivity index (χ4n) is 7.17. The van der Waals surface area contributed by atoms with Crippen LogP contribution in [0.5, 0.6) is 0 Å². The molecule has 12 nitrogen and oxygen atoms in total. The third-order valence-corrected chi connectivity index (χ3v) is 10.0. The van der Waals surface area contributed by atoms with E-state index >= 15 is 0 Å². The lowest BCUT2D eigenvalue weighted by molar-refractivity contribution is -0.140. The zero-order valence-electron chi connectivity index (χ0n) is 30.2. The third-order valence-electron chi connectivity index (χ3n) is 9.79. The van der Waals surface area contributed by atoms with E-state index in [9.17, 15) is 29.4 Å². The Balaban J connectivity index is 0.967. The zero-order valence-corrected chi connectivity index (χ0v) is 30.9. The minimum atomic E-state index is -1.14. The summed E-state index contributed by atoms with van der Waals surface area (Å²) in [5.41, 5.74) is 5.98. The minimum Gasteiger partial charge on any atom is -0.480 e. The first kappa shape index (κ1) is 39.4. The van der Waals surface area contributed by atoms with E-state index in [1.165, 1.54) is 10.5 Å². The highest BCUT2D eigenvalue weighted by Crippen LogP contribution is 2.35. The number of carboxylic acids is 2. The van der Waals surface area contributed by atoms with Gasteiger partial charge >= 0.3 is 11.9 Å². The van der Waals surface area contributed by atoms with Gasteiger partial charge in [-0.3, -0.25) is 34.4 Å². The van der Waals surface area contributed by atoms with Gasteiger partial charge in [-0.15, -0.1) is 0 Å². The number of para-hydroxylation sites is 1. The van der Waals surface area contributed by atoms with Crippen molar-refractivity contribution in [1.82, 2.24) is 25.5 Å². The van der Waals surface area contributed by atoms with Gasteiger partial charge in [0, 0.05) is 66.1 Å². The van der Waals surface area contributed by atoms with E-state index in [1.54, 1.807) is 18.3 Å². The number of carbonyl (C=O) groups is 4. The first-order valence-corrected chi connectivity index (χ1v) is 18.8. The van der Waals surface area contributed by atoms with Gasteiger partial charge in [0.05, 0.1) is 11.7 Å². The second-order valence-corrected chi connectivity index (χ2v) is 14.0. The van der Waals surface area contributed by atoms with E-state index in [2.05, 4.69) is 44.7 Å². The summed E-state index contributed by atoms with van der Waals surface area (Å²) in [5.74, 6) is -2.60. The van der Waals surface area contributed by atoms with Crippen molar-refractivity contribution < 1.29 is 29.4 Å². The number of hydrogen-bond donors (Lipinski definition) is 5. The van der Waals surface area contributed by atoms with Crippen LogP contribution < -0.4 is 20.9 Å². The Hall–Kier alpha value is -4.78. The normalized spacial score (nSPS) is 14.9. The van der Waals surface area contributed by atoms with Gasteiger partial charge < -0.3 is 25.4 Å². The number of aryl methyl sites for hydroxylation is 3. The quantitative estimate of drug-likeness (QED) is 0.0751. The van der Waals surface area contributed by atoms with E-state index in [0.717, 1.165) is 59.8 Å². The predicted molar refractivity (Wildman–Crippen MR) is 206 cm³/mol. The van der Waals surface area contributed by atoms with E-state index in [0.29, 0.717) is 62.4 Å². The Labute approximate surface area is 314 Å². The molecule has 0 saturated carbocycles. The van der Waals surface area contributed by atoms with Crippen LogP contribution in [-0.4, -0.2) is 81.8 Å². The highest BCUT2D eigenvalue weighted by Gasteiger charge is 2.34. The van der Waals surface area contributed by atoms with E-state index in [4.69, 9.17) is 11.6 Å². The number of aliphatic carboxylic acids is 2. The molecular weight excluding hydrogens is 696 g/mol. The second kappa shape index (κ2) is 19.3. The van der Waals surface area contributed by atoms with Crippen LogP contribution in [0.3, 0.4) is 0 Å². The van der Waals surface area contributed by atoms with Crippen molar-refractivity contribution in [2.24, 2.45) is 7.05 Å². The van der Waals surface area contributed by atoms with Crippen LogP contribution in [0.15, 0.2) is 67.0 Å². The van der Waals surface area contributed by atoms with Gasteiger partial charge in [-0.1, -0.05) is 42.6 Å². The molecule has 2 aromatic heterocycles. The maximum atomic E-state index is 13.3. The summed E-state index contributed by atoms with van der Waals surface area (Å²) in [6.07, 6.45) is 10.2. The van der Waals surface area contributed by atoms with Crippen LogP contribution in [0.2, 0.25) is 5.02 Å². The Morgan fingerprint density at radius 3 is 2.58 bits per heavy atom. The summed E-state index contributed by atoms with van der Waals surface area (Å²) in [6, 6.07) is 15.4. The molecule has 0 spiro atoms. The van der Waals surface area contributed by atoms with Crippen LogP contribution in [0.1, 0.15) is 62.5 Å². The molecule has 5 rings (SSSR count). The number of rotatable bonds is 20. The number of nitrogens with one attached hydrogen (secondary N) is 3. The van der Waals surface area contributed by atoms with Gasteiger partial charge in [-0.25, -0.2) is 0 Å². The summed E-state index contributed by atoms with van der Waals surface area (Å²) in [4.78, 5) is 54.9. The molecule has 0 fully saturated rings. The first-order chi connectivity index (χ1) is 25.6. The maximum Gasteiger partial charge on any atom is 0.323 e. The molecule has 3 heterocycles. The number of pyridine rings is 1. The van der Waals surface area contributed by atoms with Crippen LogP contribution >= 0.6 is 11.6 Å². The van der Waals surface area contributed by atoms with Gasteiger partial charge in [0.15, 0.2) is 0 Å². The van der Waals surface area contributed by atoms with Gasteiger partial charge in [0.1, 0.15) is 12.6 Å².